The van der Waals surface area contributed by atoms with E-state index in [0.717, 1.165) is 37.4 Å². The molecule has 6 heteroatoms. The van der Waals surface area contributed by atoms with Crippen molar-refractivity contribution in [3.8, 4) is 0 Å². The number of urea groups is 1. The number of rotatable bonds is 5. The van der Waals surface area contributed by atoms with Crippen LogP contribution in [0.5, 0.6) is 0 Å². The summed E-state index contributed by atoms with van der Waals surface area (Å²) >= 11 is 0. The molecular formula is C17H26FN3O2. The Morgan fingerprint density at radius 2 is 2.13 bits per heavy atom. The first kappa shape index (κ1) is 17.7. The molecule has 1 saturated heterocycles. The third kappa shape index (κ3) is 5.80. The smallest absolute Gasteiger partial charge is 0.319 e. The molecule has 2 amide bonds. The fraction of sp³-hybridized carbons (Fsp3) is 0.588. The molecule has 5 nitrogen and oxygen atoms in total. The summed E-state index contributed by atoms with van der Waals surface area (Å²) in [4.78, 5) is 14.0. The minimum absolute atomic E-state index is 0.141. The molecule has 1 fully saturated rings. The topological polar surface area (TPSA) is 64.6 Å². The van der Waals surface area contributed by atoms with Crippen molar-refractivity contribution < 1.29 is 14.3 Å². The van der Waals surface area contributed by atoms with Crippen LogP contribution in [0, 0.1) is 18.7 Å². The number of nitrogens with zero attached hydrogens (tertiary/aromatic N) is 1. The van der Waals surface area contributed by atoms with Gasteiger partial charge in [-0.2, -0.15) is 0 Å². The van der Waals surface area contributed by atoms with Crippen LogP contribution in [0.4, 0.5) is 14.9 Å². The van der Waals surface area contributed by atoms with Crippen LogP contribution < -0.4 is 10.6 Å². The Morgan fingerprint density at radius 3 is 2.83 bits per heavy atom. The number of aliphatic hydroxyl groups excluding tert-OH is 1. The highest BCUT2D eigenvalue weighted by molar-refractivity contribution is 5.89. The Morgan fingerprint density at radius 1 is 1.43 bits per heavy atom. The van der Waals surface area contributed by atoms with E-state index in [9.17, 15) is 14.3 Å². The van der Waals surface area contributed by atoms with Crippen molar-refractivity contribution in [1.29, 1.82) is 0 Å². The van der Waals surface area contributed by atoms with Gasteiger partial charge in [-0.1, -0.05) is 13.0 Å². The van der Waals surface area contributed by atoms with E-state index < -0.39 is 18.0 Å². The number of halogens is 1. The van der Waals surface area contributed by atoms with Crippen LogP contribution in [-0.2, 0) is 0 Å². The van der Waals surface area contributed by atoms with Crippen LogP contribution in [0.1, 0.15) is 25.3 Å². The molecule has 1 aliphatic rings. The number of hydrogen-bond acceptors (Lipinski definition) is 3. The van der Waals surface area contributed by atoms with Crippen LogP contribution in [0.25, 0.3) is 0 Å². The largest absolute Gasteiger partial charge is 0.390 e. The fourth-order valence-corrected chi connectivity index (χ4v) is 2.72. The molecular weight excluding hydrogens is 297 g/mol. The van der Waals surface area contributed by atoms with Gasteiger partial charge in [0, 0.05) is 13.1 Å². The fourth-order valence-electron chi connectivity index (χ4n) is 2.72. The number of amides is 2. The minimum atomic E-state index is -0.628. The number of likely N-dealkylation sites (tertiary alicyclic amines) is 1. The lowest BCUT2D eigenvalue weighted by molar-refractivity contribution is 0.0924. The summed E-state index contributed by atoms with van der Waals surface area (Å²) in [5.74, 6) is 0.269. The highest BCUT2D eigenvalue weighted by atomic mass is 19.1. The van der Waals surface area contributed by atoms with Gasteiger partial charge in [-0.25, -0.2) is 9.18 Å². The van der Waals surface area contributed by atoms with E-state index in [-0.39, 0.29) is 12.2 Å². The third-order valence-electron chi connectivity index (χ3n) is 4.21. The number of aliphatic hydroxyl groups is 1. The molecule has 0 aromatic heterocycles. The SMILES string of the molecule is Cc1ccc(F)c(NC(=O)NCC(O)CN2CCC(C)CC2)c1. The first-order valence-corrected chi connectivity index (χ1v) is 8.15. The molecule has 1 heterocycles. The van der Waals surface area contributed by atoms with Gasteiger partial charge in [0.25, 0.3) is 0 Å². The summed E-state index contributed by atoms with van der Waals surface area (Å²) in [6, 6.07) is 4.01. The normalized spacial score (nSPS) is 17.7. The van der Waals surface area contributed by atoms with Gasteiger partial charge in [0.05, 0.1) is 11.8 Å². The number of benzene rings is 1. The average molecular weight is 323 g/mol. The number of β-amino-alcohol motifs (C(OH)–C–C–N with tert-alkyl or cyclic N) is 1. The lowest BCUT2D eigenvalue weighted by Gasteiger charge is -2.31. The molecule has 3 N–H and O–H groups in total. The molecule has 1 unspecified atom stereocenters. The summed E-state index contributed by atoms with van der Waals surface area (Å²) < 4.78 is 13.6. The summed E-state index contributed by atoms with van der Waals surface area (Å²) in [5, 5.41) is 15.1. The Hall–Kier alpha value is -1.66. The number of carbonyl (C=O) groups is 1. The van der Waals surface area contributed by atoms with Crippen molar-refractivity contribution >= 4 is 11.7 Å². The lowest BCUT2D eigenvalue weighted by Crippen LogP contribution is -2.43. The number of carbonyl (C=O) groups excluding carboxylic acids is 1. The monoisotopic (exact) mass is 323 g/mol. The van der Waals surface area contributed by atoms with Gasteiger partial charge < -0.3 is 20.6 Å². The molecule has 1 aromatic rings. The van der Waals surface area contributed by atoms with E-state index in [0.29, 0.717) is 6.54 Å². The molecule has 0 saturated carbocycles. The van der Waals surface area contributed by atoms with E-state index in [1.54, 1.807) is 12.1 Å². The number of aryl methyl sites for hydroxylation is 1. The van der Waals surface area contributed by atoms with Gasteiger partial charge in [0.15, 0.2) is 0 Å². The summed E-state index contributed by atoms with van der Waals surface area (Å²) in [7, 11) is 0. The van der Waals surface area contributed by atoms with E-state index in [1.807, 2.05) is 6.92 Å². The second-order valence-corrected chi connectivity index (χ2v) is 6.46. The van der Waals surface area contributed by atoms with Crippen molar-refractivity contribution in [2.24, 2.45) is 5.92 Å². The Labute approximate surface area is 136 Å². The standard InChI is InChI=1S/C17H26FN3O2/c1-12-5-7-21(8-6-12)11-14(22)10-19-17(23)20-16-9-13(2)3-4-15(16)18/h3-4,9,12,14,22H,5-8,10-11H2,1-2H3,(H2,19,20,23). The number of hydrogen-bond donors (Lipinski definition) is 3. The highest BCUT2D eigenvalue weighted by Crippen LogP contribution is 2.16. The van der Waals surface area contributed by atoms with Gasteiger partial charge in [0.1, 0.15) is 5.82 Å². The van der Waals surface area contributed by atoms with Gasteiger partial charge in [-0.15, -0.1) is 0 Å². The maximum absolute atomic E-state index is 13.6. The zero-order valence-electron chi connectivity index (χ0n) is 13.8. The molecule has 0 radical (unpaired) electrons. The molecule has 2 rings (SSSR count). The molecule has 1 aromatic carbocycles. The second-order valence-electron chi connectivity index (χ2n) is 6.46. The van der Waals surface area contributed by atoms with Crippen LogP contribution in [0.2, 0.25) is 0 Å². The molecule has 1 atom stereocenters. The maximum atomic E-state index is 13.6. The van der Waals surface area contributed by atoms with Crippen LogP contribution in [0.3, 0.4) is 0 Å². The summed E-state index contributed by atoms with van der Waals surface area (Å²) in [6.07, 6.45) is 1.66. The molecule has 1 aliphatic heterocycles. The van der Waals surface area contributed by atoms with Crippen molar-refractivity contribution in [3.63, 3.8) is 0 Å². The van der Waals surface area contributed by atoms with E-state index >= 15 is 0 Å². The second kappa shape index (κ2) is 8.26. The molecule has 23 heavy (non-hydrogen) atoms. The van der Waals surface area contributed by atoms with Gasteiger partial charge in [0.2, 0.25) is 0 Å². The minimum Gasteiger partial charge on any atom is -0.390 e. The molecule has 0 bridgehead atoms. The number of anilines is 1. The van der Waals surface area contributed by atoms with Gasteiger partial charge >= 0.3 is 6.03 Å². The third-order valence-corrected chi connectivity index (χ3v) is 4.21. The van der Waals surface area contributed by atoms with Crippen molar-refractivity contribution in [2.45, 2.75) is 32.8 Å². The van der Waals surface area contributed by atoms with Crippen LogP contribution >= 0.6 is 0 Å². The van der Waals surface area contributed by atoms with E-state index in [1.165, 1.54) is 6.07 Å². The van der Waals surface area contributed by atoms with E-state index in [2.05, 4.69) is 22.5 Å². The summed E-state index contributed by atoms with van der Waals surface area (Å²) in [5.41, 5.74) is 1.00. The van der Waals surface area contributed by atoms with Crippen molar-refractivity contribution in [2.75, 3.05) is 31.5 Å². The first-order chi connectivity index (χ1) is 10.9. The molecule has 0 aliphatic carbocycles. The first-order valence-electron chi connectivity index (χ1n) is 8.15. The highest BCUT2D eigenvalue weighted by Gasteiger charge is 2.18. The van der Waals surface area contributed by atoms with Gasteiger partial charge in [-0.05, 0) is 56.5 Å². The summed E-state index contributed by atoms with van der Waals surface area (Å²) in [6.45, 7) is 6.73. The zero-order chi connectivity index (χ0) is 16.8. The zero-order valence-corrected chi connectivity index (χ0v) is 13.8. The van der Waals surface area contributed by atoms with Crippen molar-refractivity contribution in [1.82, 2.24) is 10.2 Å². The van der Waals surface area contributed by atoms with Crippen LogP contribution in [-0.4, -0.2) is 48.3 Å². The molecule has 128 valence electrons. The Bertz CT molecular complexity index is 531. The average Bonchev–Trinajstić information content (AvgIpc) is 2.51. The van der Waals surface area contributed by atoms with Crippen molar-refractivity contribution in [3.05, 3.63) is 29.6 Å². The quantitative estimate of drug-likeness (QED) is 0.779. The van der Waals surface area contributed by atoms with Crippen LogP contribution in [0.15, 0.2) is 18.2 Å². The molecule has 0 spiro atoms. The Kier molecular flexibility index (Phi) is 6.36. The van der Waals surface area contributed by atoms with E-state index in [4.69, 9.17) is 0 Å². The lowest BCUT2D eigenvalue weighted by atomic mass is 9.99. The number of nitrogens with one attached hydrogen (secondary N) is 2. The van der Waals surface area contributed by atoms with Gasteiger partial charge in [-0.3, -0.25) is 0 Å². The Balaban J connectivity index is 1.72. The number of piperidine rings is 1. The predicted molar refractivity (Wildman–Crippen MR) is 89.0 cm³/mol. The predicted octanol–water partition coefficient (Wildman–Crippen LogP) is 2.35. The maximum Gasteiger partial charge on any atom is 0.319 e.